The fraction of sp³-hybridized carbons (Fsp3) is 0. The molecule has 0 bridgehead atoms. The van der Waals surface area contributed by atoms with Crippen LogP contribution in [-0.2, 0) is 0 Å². The molecule has 0 fully saturated rings. The second-order valence-corrected chi connectivity index (χ2v) is 15.5. The Bertz CT molecular complexity index is 3500. The van der Waals surface area contributed by atoms with Crippen molar-refractivity contribution < 1.29 is 4.42 Å². The van der Waals surface area contributed by atoms with Crippen LogP contribution in [0.2, 0.25) is 0 Å². The van der Waals surface area contributed by atoms with E-state index in [4.69, 9.17) is 4.42 Å². The lowest BCUT2D eigenvalue weighted by Gasteiger charge is -2.27. The predicted octanol–water partition coefficient (Wildman–Crippen LogP) is 15.7. The Balaban J connectivity index is 1.13. The second kappa shape index (κ2) is 11.8. The van der Waals surface area contributed by atoms with Crippen LogP contribution in [0.3, 0.4) is 0 Å². The van der Waals surface area contributed by atoms with Gasteiger partial charge in [-0.2, -0.15) is 0 Å². The molecule has 2 heterocycles. The van der Waals surface area contributed by atoms with Crippen molar-refractivity contribution in [2.45, 2.75) is 0 Å². The normalized spacial score (nSPS) is 12.0. The van der Waals surface area contributed by atoms with E-state index in [1.54, 1.807) is 0 Å². The summed E-state index contributed by atoms with van der Waals surface area (Å²) in [5.41, 5.74) is 7.39. The molecule has 0 aliphatic carbocycles. The number of anilines is 3. The zero-order valence-corrected chi connectivity index (χ0v) is 30.5. The van der Waals surface area contributed by atoms with Crippen LogP contribution >= 0.6 is 11.3 Å². The monoisotopic (exact) mass is 717 g/mol. The van der Waals surface area contributed by atoms with Gasteiger partial charge in [-0.25, -0.2) is 0 Å². The highest BCUT2D eigenvalue weighted by Gasteiger charge is 2.23. The first kappa shape index (κ1) is 30.5. The molecule has 0 aliphatic heterocycles. The summed E-state index contributed by atoms with van der Waals surface area (Å²) in [6.45, 7) is 0. The molecule has 3 heteroatoms. The van der Waals surface area contributed by atoms with Gasteiger partial charge in [0.25, 0.3) is 0 Å². The molecule has 256 valence electrons. The Kier molecular flexibility index (Phi) is 6.54. The Morgan fingerprint density at radius 2 is 1.00 bits per heavy atom. The Morgan fingerprint density at radius 3 is 1.84 bits per heavy atom. The summed E-state index contributed by atoms with van der Waals surface area (Å²) in [6.07, 6.45) is 0. The first-order valence-corrected chi connectivity index (χ1v) is 19.6. The van der Waals surface area contributed by atoms with E-state index in [-0.39, 0.29) is 0 Å². The maximum atomic E-state index is 7.12. The molecule has 12 aromatic rings. The summed E-state index contributed by atoms with van der Waals surface area (Å²) in [5, 5.41) is 14.4. The minimum Gasteiger partial charge on any atom is -0.453 e. The summed E-state index contributed by atoms with van der Waals surface area (Å²) in [4.78, 5) is 2.39. The van der Waals surface area contributed by atoms with Gasteiger partial charge in [0.15, 0.2) is 5.58 Å². The van der Waals surface area contributed by atoms with Crippen LogP contribution < -0.4 is 4.90 Å². The van der Waals surface area contributed by atoms with Crippen LogP contribution in [-0.4, -0.2) is 0 Å². The van der Waals surface area contributed by atoms with Crippen LogP contribution in [0.5, 0.6) is 0 Å². The van der Waals surface area contributed by atoms with Gasteiger partial charge < -0.3 is 9.32 Å². The van der Waals surface area contributed by atoms with E-state index in [9.17, 15) is 0 Å². The van der Waals surface area contributed by atoms with Crippen LogP contribution in [0.15, 0.2) is 192 Å². The molecule has 0 N–H and O–H groups in total. The lowest BCUT2D eigenvalue weighted by atomic mass is 9.98. The molecule has 0 radical (unpaired) electrons. The van der Waals surface area contributed by atoms with Crippen LogP contribution in [0.4, 0.5) is 17.1 Å². The third-order valence-electron chi connectivity index (χ3n) is 11.4. The fourth-order valence-corrected chi connectivity index (χ4v) is 10.1. The molecule has 2 aromatic heterocycles. The number of thiophene rings is 1. The van der Waals surface area contributed by atoms with Crippen molar-refractivity contribution >= 4 is 114 Å². The number of rotatable bonds is 4. The van der Waals surface area contributed by atoms with E-state index in [1.165, 1.54) is 69.0 Å². The molecule has 2 nitrogen and oxygen atoms in total. The number of furan rings is 1. The second-order valence-electron chi connectivity index (χ2n) is 14.4. The van der Waals surface area contributed by atoms with Crippen molar-refractivity contribution in [1.29, 1.82) is 0 Å². The van der Waals surface area contributed by atoms with Gasteiger partial charge in [-0.05, 0) is 91.3 Å². The predicted molar refractivity (Wildman–Crippen MR) is 237 cm³/mol. The molecular formula is C52H31NOS. The van der Waals surface area contributed by atoms with Gasteiger partial charge in [0.1, 0.15) is 5.58 Å². The highest BCUT2D eigenvalue weighted by molar-refractivity contribution is 7.26. The van der Waals surface area contributed by atoms with Gasteiger partial charge in [-0.15, -0.1) is 11.3 Å². The van der Waals surface area contributed by atoms with Gasteiger partial charge in [0, 0.05) is 47.7 Å². The van der Waals surface area contributed by atoms with E-state index in [1.807, 2.05) is 11.3 Å². The topological polar surface area (TPSA) is 16.4 Å². The molecule has 0 unspecified atom stereocenters. The summed E-state index contributed by atoms with van der Waals surface area (Å²) in [6, 6.07) is 68.5. The molecule has 0 saturated carbocycles. The number of benzene rings is 10. The third kappa shape index (κ3) is 4.60. The van der Waals surface area contributed by atoms with Gasteiger partial charge >= 0.3 is 0 Å². The first-order valence-electron chi connectivity index (χ1n) is 18.7. The molecular weight excluding hydrogens is 687 g/mol. The van der Waals surface area contributed by atoms with Crippen molar-refractivity contribution in [2.75, 3.05) is 4.90 Å². The number of fused-ring (bicyclic) bond motifs is 13. The standard InChI is InChI=1S/C52H31NOS/c1-4-13-39-32(10-1)20-21-35-24-28-38(31-46(35)39)53(37-26-22-34(23-27-37)42-17-9-18-44-43-16-7-8-19-48(43)55-52(42)44)47-30-36-12-3-5-14-40(36)49-45-29-25-33-11-2-6-15-41(33)50(45)54-51(47)49/h1-31H. The van der Waals surface area contributed by atoms with Crippen molar-refractivity contribution in [3.05, 3.63) is 188 Å². The maximum Gasteiger partial charge on any atom is 0.160 e. The van der Waals surface area contributed by atoms with Gasteiger partial charge in [-0.3, -0.25) is 0 Å². The first-order chi connectivity index (χ1) is 27.3. The fourth-order valence-electron chi connectivity index (χ4n) is 8.82. The van der Waals surface area contributed by atoms with E-state index in [0.29, 0.717) is 0 Å². The smallest absolute Gasteiger partial charge is 0.160 e. The summed E-state index contributed by atoms with van der Waals surface area (Å²) >= 11 is 1.87. The van der Waals surface area contributed by atoms with E-state index >= 15 is 0 Å². The van der Waals surface area contributed by atoms with Gasteiger partial charge in [0.2, 0.25) is 0 Å². The Morgan fingerprint density at radius 1 is 0.382 bits per heavy atom. The highest BCUT2D eigenvalue weighted by Crippen LogP contribution is 2.48. The lowest BCUT2D eigenvalue weighted by Crippen LogP contribution is -2.10. The van der Waals surface area contributed by atoms with Crippen molar-refractivity contribution in [1.82, 2.24) is 0 Å². The maximum absolute atomic E-state index is 7.12. The molecule has 0 spiro atoms. The number of hydrogen-bond acceptors (Lipinski definition) is 3. The Hall–Kier alpha value is -6.94. The molecule has 0 amide bonds. The average Bonchev–Trinajstić information content (AvgIpc) is 3.84. The SMILES string of the molecule is c1ccc2c(c1)ccc1ccc(N(c3ccc(-c4cccc5c4sc4ccccc45)cc3)c3cc4ccccc4c4c3oc3c5ccccc5ccc34)cc12. The van der Waals surface area contributed by atoms with Crippen molar-refractivity contribution in [2.24, 2.45) is 0 Å². The summed E-state index contributed by atoms with van der Waals surface area (Å²) in [7, 11) is 0. The van der Waals surface area contributed by atoms with E-state index in [0.717, 1.165) is 44.4 Å². The quantitative estimate of drug-likeness (QED) is 0.169. The third-order valence-corrected chi connectivity index (χ3v) is 12.6. The van der Waals surface area contributed by atoms with E-state index in [2.05, 4.69) is 193 Å². The zero-order valence-electron chi connectivity index (χ0n) is 29.7. The zero-order chi connectivity index (χ0) is 36.0. The minimum atomic E-state index is 0.877. The molecule has 12 rings (SSSR count). The van der Waals surface area contributed by atoms with Crippen LogP contribution in [0.25, 0.3) is 96.3 Å². The minimum absolute atomic E-state index is 0.877. The van der Waals surface area contributed by atoms with Crippen molar-refractivity contribution in [3.63, 3.8) is 0 Å². The average molecular weight is 718 g/mol. The molecule has 0 saturated heterocycles. The van der Waals surface area contributed by atoms with Crippen LogP contribution in [0, 0.1) is 0 Å². The Labute approximate surface area is 320 Å². The largest absolute Gasteiger partial charge is 0.453 e. The van der Waals surface area contributed by atoms with Gasteiger partial charge in [0.05, 0.1) is 5.69 Å². The van der Waals surface area contributed by atoms with Gasteiger partial charge in [-0.1, -0.05) is 146 Å². The van der Waals surface area contributed by atoms with Crippen LogP contribution in [0.1, 0.15) is 0 Å². The molecule has 0 atom stereocenters. The van der Waals surface area contributed by atoms with E-state index < -0.39 is 0 Å². The number of nitrogens with zero attached hydrogens (tertiary/aromatic N) is 1. The molecule has 10 aromatic carbocycles. The lowest BCUT2D eigenvalue weighted by molar-refractivity contribution is 0.673. The molecule has 55 heavy (non-hydrogen) atoms. The highest BCUT2D eigenvalue weighted by atomic mass is 32.1. The number of hydrogen-bond donors (Lipinski definition) is 0. The summed E-state index contributed by atoms with van der Waals surface area (Å²) < 4.78 is 9.75. The van der Waals surface area contributed by atoms with Crippen molar-refractivity contribution in [3.8, 4) is 11.1 Å². The molecule has 0 aliphatic rings. The summed E-state index contributed by atoms with van der Waals surface area (Å²) in [5.74, 6) is 0.